The first-order chi connectivity index (χ1) is 6.74. The van der Waals surface area contributed by atoms with Crippen molar-refractivity contribution in [1.29, 1.82) is 0 Å². The summed E-state index contributed by atoms with van der Waals surface area (Å²) in [6.07, 6.45) is 0. The number of rotatable bonds is 2. The molecule has 0 aliphatic heterocycles. The lowest BCUT2D eigenvalue weighted by Crippen LogP contribution is -1.94. The van der Waals surface area contributed by atoms with Crippen molar-refractivity contribution in [1.82, 2.24) is 0 Å². The predicted molar refractivity (Wildman–Crippen MR) is 64.7 cm³/mol. The van der Waals surface area contributed by atoms with E-state index >= 15 is 0 Å². The lowest BCUT2D eigenvalue weighted by molar-refractivity contribution is 0.344. The highest BCUT2D eigenvalue weighted by molar-refractivity contribution is 7.80. The van der Waals surface area contributed by atoms with Crippen LogP contribution in [0.1, 0.15) is 6.92 Å². The van der Waals surface area contributed by atoms with E-state index in [2.05, 4.69) is 12.6 Å². The Bertz CT molecular complexity index is 464. The van der Waals surface area contributed by atoms with Crippen molar-refractivity contribution in [2.45, 2.75) is 11.8 Å². The number of hydrogen-bond donors (Lipinski definition) is 2. The minimum atomic E-state index is 0.655. The van der Waals surface area contributed by atoms with Crippen molar-refractivity contribution in [2.24, 2.45) is 0 Å². The number of ether oxygens (including phenoxy) is 1. The number of thiophene rings is 1. The van der Waals surface area contributed by atoms with Crippen molar-refractivity contribution in [2.75, 3.05) is 12.3 Å². The molecule has 0 bridgehead atoms. The highest BCUT2D eigenvalue weighted by atomic mass is 32.1. The number of thiol groups is 1. The van der Waals surface area contributed by atoms with E-state index in [0.29, 0.717) is 6.61 Å². The molecule has 0 fully saturated rings. The van der Waals surface area contributed by atoms with Gasteiger partial charge in [-0.3, -0.25) is 0 Å². The van der Waals surface area contributed by atoms with Crippen molar-refractivity contribution in [3.05, 3.63) is 17.5 Å². The average Bonchev–Trinajstić information content (AvgIpc) is 2.63. The van der Waals surface area contributed by atoms with Gasteiger partial charge in [0.1, 0.15) is 5.75 Å². The Hall–Kier alpha value is -0.870. The molecule has 0 saturated carbocycles. The van der Waals surface area contributed by atoms with Crippen LogP contribution in [0.2, 0.25) is 0 Å². The van der Waals surface area contributed by atoms with Gasteiger partial charge in [0.25, 0.3) is 0 Å². The monoisotopic (exact) mass is 225 g/mol. The molecule has 0 radical (unpaired) electrons. The van der Waals surface area contributed by atoms with E-state index in [-0.39, 0.29) is 0 Å². The van der Waals surface area contributed by atoms with Crippen LogP contribution in [0.4, 0.5) is 5.69 Å². The first kappa shape index (κ1) is 9.68. The second-order valence-corrected chi connectivity index (χ2v) is 4.30. The van der Waals surface area contributed by atoms with Crippen LogP contribution in [0.25, 0.3) is 10.1 Å². The van der Waals surface area contributed by atoms with Crippen molar-refractivity contribution >= 4 is 39.7 Å². The van der Waals surface area contributed by atoms with Crippen LogP contribution in [0.15, 0.2) is 22.4 Å². The molecule has 14 heavy (non-hydrogen) atoms. The summed E-state index contributed by atoms with van der Waals surface area (Å²) >= 11 is 5.93. The molecule has 0 amide bonds. The summed E-state index contributed by atoms with van der Waals surface area (Å²) in [6.45, 7) is 2.62. The molecule has 2 N–H and O–H groups in total. The van der Waals surface area contributed by atoms with Crippen LogP contribution in [0, 0.1) is 0 Å². The molecule has 0 atom stereocenters. The topological polar surface area (TPSA) is 35.2 Å². The molecule has 2 aromatic rings. The second-order valence-electron chi connectivity index (χ2n) is 2.90. The minimum Gasteiger partial charge on any atom is -0.493 e. The number of anilines is 1. The minimum absolute atomic E-state index is 0.655. The molecule has 4 heteroatoms. The second kappa shape index (κ2) is 3.71. The fraction of sp³-hybridized carbons (Fsp3) is 0.200. The first-order valence-electron chi connectivity index (χ1n) is 4.35. The Labute approximate surface area is 92.1 Å². The van der Waals surface area contributed by atoms with Crippen LogP contribution in [-0.2, 0) is 0 Å². The van der Waals surface area contributed by atoms with Crippen LogP contribution in [0.3, 0.4) is 0 Å². The molecule has 0 saturated heterocycles. The zero-order valence-electron chi connectivity index (χ0n) is 7.78. The Balaban J connectivity index is 2.71. The Morgan fingerprint density at radius 3 is 3.07 bits per heavy atom. The van der Waals surface area contributed by atoms with Gasteiger partial charge < -0.3 is 10.5 Å². The normalized spacial score (nSPS) is 10.7. The Morgan fingerprint density at radius 2 is 2.36 bits per heavy atom. The summed E-state index contributed by atoms with van der Waals surface area (Å²) in [5.74, 6) is 0.864. The predicted octanol–water partition coefficient (Wildman–Crippen LogP) is 3.17. The van der Waals surface area contributed by atoms with Crippen molar-refractivity contribution in [3.63, 3.8) is 0 Å². The number of hydrogen-bond acceptors (Lipinski definition) is 4. The van der Waals surface area contributed by atoms with Crippen molar-refractivity contribution in [3.8, 4) is 5.75 Å². The number of nitrogen functional groups attached to an aromatic ring is 1. The maximum absolute atomic E-state index is 5.91. The third kappa shape index (κ3) is 1.44. The Kier molecular flexibility index (Phi) is 2.56. The zero-order chi connectivity index (χ0) is 10.1. The van der Waals surface area contributed by atoms with Gasteiger partial charge in [0.2, 0.25) is 0 Å². The van der Waals surface area contributed by atoms with E-state index in [1.807, 2.05) is 24.4 Å². The molecule has 0 aliphatic rings. The van der Waals surface area contributed by atoms with Gasteiger partial charge in [0.05, 0.1) is 17.0 Å². The van der Waals surface area contributed by atoms with E-state index in [1.54, 1.807) is 11.3 Å². The van der Waals surface area contributed by atoms with Crippen LogP contribution in [-0.4, -0.2) is 6.61 Å². The summed E-state index contributed by atoms with van der Waals surface area (Å²) in [5.41, 5.74) is 6.64. The van der Waals surface area contributed by atoms with E-state index in [4.69, 9.17) is 10.5 Å². The van der Waals surface area contributed by atoms with Gasteiger partial charge in [0, 0.05) is 10.3 Å². The van der Waals surface area contributed by atoms with Gasteiger partial charge in [-0.2, -0.15) is 0 Å². The van der Waals surface area contributed by atoms with E-state index in [1.165, 1.54) is 0 Å². The lowest BCUT2D eigenvalue weighted by atomic mass is 10.2. The van der Waals surface area contributed by atoms with Crippen molar-refractivity contribution < 1.29 is 4.74 Å². The molecule has 2 rings (SSSR count). The quantitative estimate of drug-likeness (QED) is 0.608. The third-order valence-electron chi connectivity index (χ3n) is 2.02. The number of nitrogens with two attached hydrogens (primary N) is 1. The molecular formula is C10H11NOS2. The first-order valence-corrected chi connectivity index (χ1v) is 5.68. The summed E-state index contributed by atoms with van der Waals surface area (Å²) in [4.78, 5) is 0.781. The summed E-state index contributed by atoms with van der Waals surface area (Å²) < 4.78 is 6.57. The molecule has 1 aromatic carbocycles. The van der Waals surface area contributed by atoms with Crippen LogP contribution < -0.4 is 10.5 Å². The van der Waals surface area contributed by atoms with E-state index < -0.39 is 0 Å². The van der Waals surface area contributed by atoms with E-state index in [9.17, 15) is 0 Å². The molecule has 0 unspecified atom stereocenters. The van der Waals surface area contributed by atoms with Crippen LogP contribution >= 0.6 is 24.0 Å². The smallest absolute Gasteiger partial charge is 0.129 e. The fourth-order valence-corrected chi connectivity index (χ4v) is 2.56. The Morgan fingerprint density at radius 1 is 1.57 bits per heavy atom. The van der Waals surface area contributed by atoms with Gasteiger partial charge in [0.15, 0.2) is 0 Å². The number of fused-ring (bicyclic) bond motifs is 1. The standard InChI is InChI=1S/C10H11NOS2/c1-2-12-7-5-8(13)9(11)10-6(7)3-4-14-10/h3-5,13H,2,11H2,1H3. The zero-order valence-corrected chi connectivity index (χ0v) is 9.49. The fourth-order valence-electron chi connectivity index (χ4n) is 1.38. The number of benzene rings is 1. The highest BCUT2D eigenvalue weighted by Crippen LogP contribution is 2.38. The van der Waals surface area contributed by atoms with Gasteiger partial charge in [-0.05, 0) is 24.4 Å². The van der Waals surface area contributed by atoms with Crippen LogP contribution in [0.5, 0.6) is 5.75 Å². The summed E-state index contributed by atoms with van der Waals surface area (Å²) in [7, 11) is 0. The van der Waals surface area contributed by atoms with Gasteiger partial charge in [-0.15, -0.1) is 24.0 Å². The lowest BCUT2D eigenvalue weighted by Gasteiger charge is -2.08. The van der Waals surface area contributed by atoms with Gasteiger partial charge in [-0.25, -0.2) is 0 Å². The third-order valence-corrected chi connectivity index (χ3v) is 3.34. The molecule has 1 heterocycles. The largest absolute Gasteiger partial charge is 0.493 e. The maximum Gasteiger partial charge on any atom is 0.129 e. The molecular weight excluding hydrogens is 214 g/mol. The molecule has 74 valence electrons. The van der Waals surface area contributed by atoms with E-state index in [0.717, 1.165) is 26.4 Å². The molecule has 2 nitrogen and oxygen atoms in total. The summed E-state index contributed by atoms with van der Waals surface area (Å²) in [5, 5.41) is 3.09. The SMILES string of the molecule is CCOc1cc(S)c(N)c2sccc12. The average molecular weight is 225 g/mol. The van der Waals surface area contributed by atoms with Gasteiger partial charge >= 0.3 is 0 Å². The highest BCUT2D eigenvalue weighted by Gasteiger charge is 2.09. The molecule has 0 aliphatic carbocycles. The molecule has 0 spiro atoms. The maximum atomic E-state index is 5.91. The molecule has 1 aromatic heterocycles. The summed E-state index contributed by atoms with van der Waals surface area (Å²) in [6, 6.07) is 3.89. The van der Waals surface area contributed by atoms with Gasteiger partial charge in [-0.1, -0.05) is 0 Å².